The summed E-state index contributed by atoms with van der Waals surface area (Å²) >= 11 is 0. The Labute approximate surface area is 197 Å². The van der Waals surface area contributed by atoms with E-state index in [0.29, 0.717) is 0 Å². The first-order chi connectivity index (χ1) is 16.1. The van der Waals surface area contributed by atoms with E-state index < -0.39 is 35.5 Å². The van der Waals surface area contributed by atoms with Gasteiger partial charge in [0.2, 0.25) is 11.8 Å². The van der Waals surface area contributed by atoms with Gasteiger partial charge in [0.15, 0.2) is 0 Å². The fraction of sp³-hybridized carbons (Fsp3) is 0.360. The minimum absolute atomic E-state index is 0.0524. The number of nitrogens with one attached hydrogen (secondary N) is 3. The molecule has 1 aliphatic carbocycles. The van der Waals surface area contributed by atoms with E-state index in [1.54, 1.807) is 0 Å². The third-order valence-corrected chi connectivity index (χ3v) is 5.83. The third kappa shape index (κ3) is 5.54. The summed E-state index contributed by atoms with van der Waals surface area (Å²) in [5.41, 5.74) is 3.01. The number of ether oxygens (including phenoxy) is 1. The SMILES string of the molecule is CNC(=O)C(C)(C)NC(=O)C(CCC(=O)O)NC(=O)OCC1c2ccccc2-c2ccccc21. The van der Waals surface area contributed by atoms with Gasteiger partial charge in [0.1, 0.15) is 18.2 Å². The molecule has 9 heteroatoms. The van der Waals surface area contributed by atoms with Crippen molar-refractivity contribution in [3.63, 3.8) is 0 Å². The van der Waals surface area contributed by atoms with Gasteiger partial charge in [-0.25, -0.2) is 4.79 Å². The lowest BCUT2D eigenvalue weighted by atomic mass is 9.98. The fourth-order valence-electron chi connectivity index (χ4n) is 4.08. The summed E-state index contributed by atoms with van der Waals surface area (Å²) in [6.07, 6.45) is -1.35. The van der Waals surface area contributed by atoms with Crippen LogP contribution in [0.2, 0.25) is 0 Å². The monoisotopic (exact) mass is 467 g/mol. The van der Waals surface area contributed by atoms with Gasteiger partial charge in [0.05, 0.1) is 0 Å². The predicted octanol–water partition coefficient (Wildman–Crippen LogP) is 2.40. The number of carboxylic acids is 1. The van der Waals surface area contributed by atoms with Crippen LogP contribution < -0.4 is 16.0 Å². The molecule has 0 heterocycles. The van der Waals surface area contributed by atoms with E-state index in [9.17, 15) is 19.2 Å². The fourth-order valence-corrected chi connectivity index (χ4v) is 4.08. The van der Waals surface area contributed by atoms with Crippen LogP contribution in [0.3, 0.4) is 0 Å². The zero-order chi connectivity index (χ0) is 24.9. The second-order valence-electron chi connectivity index (χ2n) is 8.65. The summed E-state index contributed by atoms with van der Waals surface area (Å²) in [5.74, 6) is -2.38. The van der Waals surface area contributed by atoms with Gasteiger partial charge in [-0.2, -0.15) is 0 Å². The molecule has 4 N–H and O–H groups in total. The highest BCUT2D eigenvalue weighted by Crippen LogP contribution is 2.44. The molecule has 3 amide bonds. The molecule has 1 atom stereocenters. The molecule has 9 nitrogen and oxygen atoms in total. The van der Waals surface area contributed by atoms with E-state index in [4.69, 9.17) is 9.84 Å². The molecule has 0 bridgehead atoms. The number of carboxylic acid groups (broad SMARTS) is 1. The second-order valence-corrected chi connectivity index (χ2v) is 8.65. The standard InChI is InChI=1S/C25H29N3O6/c1-25(2,23(32)26-3)28-22(31)20(12-13-21(29)30)27-24(33)34-14-19-17-10-6-4-8-15(17)16-9-5-7-11-18(16)19/h4-11,19-20H,12-14H2,1-3H3,(H,26,32)(H,27,33)(H,28,31)(H,29,30). The molecule has 0 spiro atoms. The first-order valence-corrected chi connectivity index (χ1v) is 11.0. The number of alkyl carbamates (subject to hydrolysis) is 1. The lowest BCUT2D eigenvalue weighted by molar-refractivity contribution is -0.137. The lowest BCUT2D eigenvalue weighted by Crippen LogP contribution is -2.58. The third-order valence-electron chi connectivity index (χ3n) is 5.83. The number of likely N-dealkylation sites (N-methyl/N-ethyl adjacent to an activating group) is 1. The van der Waals surface area contributed by atoms with Gasteiger partial charge < -0.3 is 25.8 Å². The van der Waals surface area contributed by atoms with Crippen molar-refractivity contribution in [1.29, 1.82) is 0 Å². The molecule has 2 aromatic rings. The van der Waals surface area contributed by atoms with Crippen LogP contribution in [0.5, 0.6) is 0 Å². The molecule has 180 valence electrons. The Morgan fingerprint density at radius 1 is 1.00 bits per heavy atom. The summed E-state index contributed by atoms with van der Waals surface area (Å²) < 4.78 is 5.47. The Balaban J connectivity index is 1.68. The maximum absolute atomic E-state index is 12.8. The number of hydrogen-bond donors (Lipinski definition) is 4. The Kier molecular flexibility index (Phi) is 7.55. The molecule has 0 aliphatic heterocycles. The molecule has 2 aromatic carbocycles. The zero-order valence-corrected chi connectivity index (χ0v) is 19.4. The maximum atomic E-state index is 12.8. The van der Waals surface area contributed by atoms with Crippen LogP contribution in [0.25, 0.3) is 11.1 Å². The Morgan fingerprint density at radius 2 is 1.56 bits per heavy atom. The van der Waals surface area contributed by atoms with E-state index in [2.05, 4.69) is 16.0 Å². The summed E-state index contributed by atoms with van der Waals surface area (Å²) in [5, 5.41) is 16.5. The average Bonchev–Trinajstić information content (AvgIpc) is 3.13. The van der Waals surface area contributed by atoms with Gasteiger partial charge >= 0.3 is 12.1 Å². The minimum Gasteiger partial charge on any atom is -0.481 e. The average molecular weight is 468 g/mol. The topological polar surface area (TPSA) is 134 Å². The molecular weight excluding hydrogens is 438 g/mol. The van der Waals surface area contributed by atoms with E-state index in [-0.39, 0.29) is 25.4 Å². The van der Waals surface area contributed by atoms with Crippen LogP contribution in [0.4, 0.5) is 4.79 Å². The summed E-state index contributed by atoms with van der Waals surface area (Å²) in [6.45, 7) is 3.06. The Hall–Kier alpha value is -3.88. The van der Waals surface area contributed by atoms with Crippen LogP contribution in [0.15, 0.2) is 48.5 Å². The number of carbonyl (C=O) groups is 4. The van der Waals surface area contributed by atoms with Crippen molar-refractivity contribution in [1.82, 2.24) is 16.0 Å². The van der Waals surface area contributed by atoms with Crippen molar-refractivity contribution >= 4 is 23.9 Å². The molecular formula is C25H29N3O6. The van der Waals surface area contributed by atoms with Gasteiger partial charge in [-0.05, 0) is 42.5 Å². The second kappa shape index (κ2) is 10.4. The Morgan fingerprint density at radius 3 is 2.09 bits per heavy atom. The van der Waals surface area contributed by atoms with Gasteiger partial charge in [-0.3, -0.25) is 14.4 Å². The van der Waals surface area contributed by atoms with Gasteiger partial charge in [0.25, 0.3) is 0 Å². The zero-order valence-electron chi connectivity index (χ0n) is 19.4. The first kappa shape index (κ1) is 24.8. The lowest BCUT2D eigenvalue weighted by Gasteiger charge is -2.27. The summed E-state index contributed by atoms with van der Waals surface area (Å²) in [7, 11) is 1.44. The molecule has 1 unspecified atom stereocenters. The number of aliphatic carboxylic acids is 1. The highest BCUT2D eigenvalue weighted by Gasteiger charge is 2.33. The van der Waals surface area contributed by atoms with Crippen LogP contribution in [-0.4, -0.2) is 54.2 Å². The Bertz CT molecular complexity index is 1050. The largest absolute Gasteiger partial charge is 0.481 e. The number of hydrogen-bond acceptors (Lipinski definition) is 5. The number of fused-ring (bicyclic) bond motifs is 3. The normalized spacial score (nSPS) is 13.3. The molecule has 0 aromatic heterocycles. The van der Waals surface area contributed by atoms with E-state index in [1.165, 1.54) is 20.9 Å². The smallest absolute Gasteiger partial charge is 0.407 e. The molecule has 0 saturated heterocycles. The highest BCUT2D eigenvalue weighted by atomic mass is 16.5. The van der Waals surface area contributed by atoms with Crippen molar-refractivity contribution in [2.75, 3.05) is 13.7 Å². The molecule has 0 radical (unpaired) electrons. The van der Waals surface area contributed by atoms with Crippen molar-refractivity contribution in [2.24, 2.45) is 0 Å². The highest BCUT2D eigenvalue weighted by molar-refractivity contribution is 5.93. The molecule has 0 fully saturated rings. The predicted molar refractivity (Wildman–Crippen MR) is 125 cm³/mol. The van der Waals surface area contributed by atoms with Crippen LogP contribution in [0.1, 0.15) is 43.7 Å². The molecule has 0 saturated carbocycles. The van der Waals surface area contributed by atoms with Gasteiger partial charge in [-0.15, -0.1) is 0 Å². The van der Waals surface area contributed by atoms with E-state index in [1.807, 2.05) is 48.5 Å². The quantitative estimate of drug-likeness (QED) is 0.448. The van der Waals surface area contributed by atoms with E-state index >= 15 is 0 Å². The molecule has 3 rings (SSSR count). The van der Waals surface area contributed by atoms with Gasteiger partial charge in [0, 0.05) is 19.4 Å². The number of amides is 3. The summed E-state index contributed by atoms with van der Waals surface area (Å²) in [6, 6.07) is 14.6. The number of benzene rings is 2. The minimum atomic E-state index is -1.25. The first-order valence-electron chi connectivity index (χ1n) is 11.0. The number of rotatable bonds is 9. The van der Waals surface area contributed by atoms with E-state index in [0.717, 1.165) is 22.3 Å². The van der Waals surface area contributed by atoms with Crippen molar-refractivity contribution in [2.45, 2.75) is 44.2 Å². The molecule has 34 heavy (non-hydrogen) atoms. The van der Waals surface area contributed by atoms with Crippen LogP contribution >= 0.6 is 0 Å². The summed E-state index contributed by atoms with van der Waals surface area (Å²) in [4.78, 5) is 48.4. The number of carbonyl (C=O) groups excluding carboxylic acids is 3. The van der Waals surface area contributed by atoms with Crippen molar-refractivity contribution in [3.05, 3.63) is 59.7 Å². The molecule has 1 aliphatic rings. The maximum Gasteiger partial charge on any atom is 0.407 e. The van der Waals surface area contributed by atoms with Crippen LogP contribution in [-0.2, 0) is 19.1 Å². The van der Waals surface area contributed by atoms with Gasteiger partial charge in [-0.1, -0.05) is 48.5 Å². The van der Waals surface area contributed by atoms with Crippen molar-refractivity contribution in [3.8, 4) is 11.1 Å². The van der Waals surface area contributed by atoms with Crippen LogP contribution in [0, 0.1) is 0 Å². The van der Waals surface area contributed by atoms with Crippen molar-refractivity contribution < 1.29 is 29.0 Å².